The van der Waals surface area contributed by atoms with Crippen molar-refractivity contribution >= 4 is 11.6 Å². The maximum absolute atomic E-state index is 14.0. The first-order chi connectivity index (χ1) is 17.5. The number of rotatable bonds is 5. The van der Waals surface area contributed by atoms with Gasteiger partial charge in [-0.3, -0.25) is 14.2 Å². The molecule has 0 aliphatic rings. The van der Waals surface area contributed by atoms with Crippen LogP contribution in [0.4, 0.5) is 17.6 Å². The van der Waals surface area contributed by atoms with Crippen molar-refractivity contribution in [1.29, 1.82) is 5.26 Å². The van der Waals surface area contributed by atoms with Crippen molar-refractivity contribution in [2.24, 2.45) is 0 Å². The van der Waals surface area contributed by atoms with Crippen LogP contribution in [-0.2, 0) is 12.7 Å². The molecule has 0 atom stereocenters. The Labute approximate surface area is 210 Å². The van der Waals surface area contributed by atoms with Crippen LogP contribution in [0.3, 0.4) is 0 Å². The number of benzene rings is 2. The molecule has 0 saturated carbocycles. The summed E-state index contributed by atoms with van der Waals surface area (Å²) in [7, 11) is 0. The molecular weight excluding hydrogens is 518 g/mol. The first kappa shape index (κ1) is 25.6. The van der Waals surface area contributed by atoms with Crippen molar-refractivity contribution in [1.82, 2.24) is 19.7 Å². The summed E-state index contributed by atoms with van der Waals surface area (Å²) < 4.78 is 60.9. The van der Waals surface area contributed by atoms with Gasteiger partial charge in [-0.15, -0.1) is 0 Å². The number of H-pyrrole nitrogens is 1. The minimum absolute atomic E-state index is 0.00205. The number of alkyl halides is 3. The van der Waals surface area contributed by atoms with Crippen molar-refractivity contribution in [3.63, 3.8) is 0 Å². The third kappa shape index (κ3) is 5.52. The van der Waals surface area contributed by atoms with Crippen molar-refractivity contribution in [2.75, 3.05) is 0 Å². The van der Waals surface area contributed by atoms with Gasteiger partial charge in [-0.1, -0.05) is 23.7 Å². The third-order valence-corrected chi connectivity index (χ3v) is 5.38. The zero-order chi connectivity index (χ0) is 26.9. The molecule has 0 aliphatic carbocycles. The average Bonchev–Trinajstić information content (AvgIpc) is 2.83. The van der Waals surface area contributed by atoms with Crippen LogP contribution in [0, 0.1) is 24.1 Å². The molecule has 2 aromatic carbocycles. The molecule has 188 valence electrons. The Balaban J connectivity index is 1.77. The Morgan fingerprint density at radius 3 is 2.59 bits per heavy atom. The summed E-state index contributed by atoms with van der Waals surface area (Å²) in [5.74, 6) is -1.97. The molecule has 8 nitrogen and oxygen atoms in total. The molecule has 0 unspecified atom stereocenters. The minimum Gasteiger partial charge on any atom is -0.449 e. The lowest BCUT2D eigenvalue weighted by Gasteiger charge is -2.15. The summed E-state index contributed by atoms with van der Waals surface area (Å²) in [5.41, 5.74) is -2.72. The first-order valence-corrected chi connectivity index (χ1v) is 10.7. The molecule has 4 aromatic rings. The largest absolute Gasteiger partial charge is 0.449 e. The van der Waals surface area contributed by atoms with E-state index < -0.39 is 41.1 Å². The van der Waals surface area contributed by atoms with Gasteiger partial charge in [0, 0.05) is 5.02 Å². The predicted molar refractivity (Wildman–Crippen MR) is 124 cm³/mol. The van der Waals surface area contributed by atoms with E-state index in [0.29, 0.717) is 11.9 Å². The van der Waals surface area contributed by atoms with Crippen LogP contribution in [0.5, 0.6) is 11.5 Å². The molecule has 4 rings (SSSR count). The Kier molecular flexibility index (Phi) is 6.82. The number of hydrogen-bond acceptors (Lipinski definition) is 6. The number of hydrogen-bond donors (Lipinski definition) is 1. The van der Waals surface area contributed by atoms with E-state index in [0.717, 1.165) is 22.8 Å². The molecule has 0 radical (unpaired) electrons. The predicted octanol–water partition coefficient (Wildman–Crippen LogP) is 4.83. The quantitative estimate of drug-likeness (QED) is 0.369. The monoisotopic (exact) mass is 531 g/mol. The number of halogens is 5. The molecular formula is C24H14ClF4N5O3. The average molecular weight is 532 g/mol. The Morgan fingerprint density at radius 2 is 1.92 bits per heavy atom. The van der Waals surface area contributed by atoms with Crippen molar-refractivity contribution in [2.45, 2.75) is 19.6 Å². The number of aryl methyl sites for hydroxylation is 1. The van der Waals surface area contributed by atoms with E-state index in [9.17, 15) is 27.2 Å². The van der Waals surface area contributed by atoms with E-state index in [2.05, 4.69) is 15.2 Å². The standard InChI is InChI=1S/C24H14ClF4N5O3/c1-12-2-3-14(6-19(12)26)18-8-16(32-33-22(18)35)10-34-11-31-21(24(27,28)29)20(23(34)36)37-17-5-13(9-30)4-15(25)7-17/h2-8,11H,10H2,1H3,(H,33,35). The summed E-state index contributed by atoms with van der Waals surface area (Å²) in [5, 5.41) is 15.1. The van der Waals surface area contributed by atoms with E-state index >= 15 is 0 Å². The Hall–Kier alpha value is -4.50. The van der Waals surface area contributed by atoms with Gasteiger partial charge >= 0.3 is 6.18 Å². The van der Waals surface area contributed by atoms with Crippen LogP contribution >= 0.6 is 11.6 Å². The van der Waals surface area contributed by atoms with Crippen LogP contribution < -0.4 is 15.9 Å². The van der Waals surface area contributed by atoms with Crippen LogP contribution in [0.15, 0.2) is 58.4 Å². The van der Waals surface area contributed by atoms with Crippen LogP contribution in [0.25, 0.3) is 11.1 Å². The lowest BCUT2D eigenvalue weighted by Crippen LogP contribution is -2.27. The maximum atomic E-state index is 14.0. The van der Waals surface area contributed by atoms with E-state index in [-0.39, 0.29) is 33.2 Å². The van der Waals surface area contributed by atoms with Gasteiger partial charge in [-0.05, 0) is 48.4 Å². The second-order valence-electron chi connectivity index (χ2n) is 7.81. The van der Waals surface area contributed by atoms with Crippen LogP contribution in [0.2, 0.25) is 5.02 Å². The lowest BCUT2D eigenvalue weighted by molar-refractivity contribution is -0.142. The van der Waals surface area contributed by atoms with E-state index in [4.69, 9.17) is 21.6 Å². The molecule has 0 saturated heterocycles. The highest BCUT2D eigenvalue weighted by atomic mass is 35.5. The summed E-state index contributed by atoms with van der Waals surface area (Å²) in [6, 6.07) is 10.7. The Bertz CT molecular complexity index is 1680. The zero-order valence-electron chi connectivity index (χ0n) is 18.7. The van der Waals surface area contributed by atoms with Crippen molar-refractivity contribution in [3.05, 3.63) is 103 Å². The molecule has 0 aliphatic heterocycles. The number of nitrogens with one attached hydrogen (secondary N) is 1. The van der Waals surface area contributed by atoms with Crippen molar-refractivity contribution < 1.29 is 22.3 Å². The summed E-state index contributed by atoms with van der Waals surface area (Å²) in [6.45, 7) is 1.15. The normalized spacial score (nSPS) is 11.3. The minimum atomic E-state index is -5.04. The molecule has 2 aromatic heterocycles. The van der Waals surface area contributed by atoms with Gasteiger partial charge in [-0.2, -0.15) is 23.5 Å². The van der Waals surface area contributed by atoms with Gasteiger partial charge in [0.25, 0.3) is 11.1 Å². The second kappa shape index (κ2) is 9.87. The number of aromatic amines is 1. The van der Waals surface area contributed by atoms with Gasteiger partial charge in [-0.25, -0.2) is 14.5 Å². The molecule has 37 heavy (non-hydrogen) atoms. The van der Waals surface area contributed by atoms with E-state index in [1.165, 1.54) is 24.3 Å². The summed E-state index contributed by atoms with van der Waals surface area (Å²) >= 11 is 5.89. The number of ether oxygens (including phenoxy) is 1. The molecule has 2 heterocycles. The summed E-state index contributed by atoms with van der Waals surface area (Å²) in [4.78, 5) is 28.7. The molecule has 13 heteroatoms. The van der Waals surface area contributed by atoms with E-state index in [1.807, 2.05) is 0 Å². The van der Waals surface area contributed by atoms with Crippen LogP contribution in [-0.4, -0.2) is 19.7 Å². The maximum Gasteiger partial charge on any atom is 0.437 e. The number of aromatic nitrogens is 4. The first-order valence-electron chi connectivity index (χ1n) is 10.4. The topological polar surface area (TPSA) is 114 Å². The zero-order valence-corrected chi connectivity index (χ0v) is 19.5. The SMILES string of the molecule is Cc1ccc(-c2cc(Cn3cnc(C(F)(F)F)c(Oc4cc(Cl)cc(C#N)c4)c3=O)n[nH]c2=O)cc1F. The van der Waals surface area contributed by atoms with Gasteiger partial charge in [0.2, 0.25) is 5.75 Å². The number of nitrogens with zero attached hydrogens (tertiary/aromatic N) is 4. The van der Waals surface area contributed by atoms with Gasteiger partial charge in [0.1, 0.15) is 11.6 Å². The molecule has 0 spiro atoms. The molecule has 1 N–H and O–H groups in total. The highest BCUT2D eigenvalue weighted by Gasteiger charge is 2.38. The van der Waals surface area contributed by atoms with Gasteiger partial charge in [0.15, 0.2) is 5.69 Å². The van der Waals surface area contributed by atoms with Gasteiger partial charge in [0.05, 0.1) is 35.8 Å². The van der Waals surface area contributed by atoms with Crippen LogP contribution in [0.1, 0.15) is 22.5 Å². The third-order valence-electron chi connectivity index (χ3n) is 5.16. The van der Waals surface area contributed by atoms with Crippen molar-refractivity contribution in [3.8, 4) is 28.7 Å². The fraction of sp³-hybridized carbons (Fsp3) is 0.125. The smallest absolute Gasteiger partial charge is 0.437 e. The highest BCUT2D eigenvalue weighted by Crippen LogP contribution is 2.35. The Morgan fingerprint density at radius 1 is 1.16 bits per heavy atom. The number of nitriles is 1. The molecule has 0 amide bonds. The lowest BCUT2D eigenvalue weighted by atomic mass is 10.0. The fourth-order valence-corrected chi connectivity index (χ4v) is 3.58. The second-order valence-corrected chi connectivity index (χ2v) is 8.25. The van der Waals surface area contributed by atoms with E-state index in [1.54, 1.807) is 13.0 Å². The summed E-state index contributed by atoms with van der Waals surface area (Å²) in [6.07, 6.45) is -4.38. The van der Waals surface area contributed by atoms with Gasteiger partial charge < -0.3 is 4.74 Å². The highest BCUT2D eigenvalue weighted by molar-refractivity contribution is 6.30. The molecule has 0 fully saturated rings. The molecule has 0 bridgehead atoms. The fourth-order valence-electron chi connectivity index (χ4n) is 3.36.